The number of benzene rings is 1. The van der Waals surface area contributed by atoms with Gasteiger partial charge in [-0.15, -0.1) is 0 Å². The van der Waals surface area contributed by atoms with Crippen LogP contribution in [0, 0.1) is 0 Å². The minimum Gasteiger partial charge on any atom is -0.460 e. The topological polar surface area (TPSA) is 82.2 Å². The van der Waals surface area contributed by atoms with Crippen LogP contribution in [0.1, 0.15) is 17.3 Å². The van der Waals surface area contributed by atoms with Gasteiger partial charge < -0.3 is 14.2 Å². The Hall–Kier alpha value is -2.47. The predicted octanol–water partition coefficient (Wildman–Crippen LogP) is 1.01. The molecular weight excluding hydrogens is 276 g/mol. The zero-order valence-electron chi connectivity index (χ0n) is 11.2. The number of rotatable bonds is 4. The van der Waals surface area contributed by atoms with Gasteiger partial charge >= 0.3 is 5.97 Å². The van der Waals surface area contributed by atoms with Crippen LogP contribution in [-0.2, 0) is 23.8 Å². The highest BCUT2D eigenvalue weighted by Crippen LogP contribution is 2.45. The van der Waals surface area contributed by atoms with Crippen molar-refractivity contribution in [2.45, 2.75) is 18.8 Å². The molecule has 0 radical (unpaired) electrons. The van der Waals surface area contributed by atoms with E-state index in [1.54, 1.807) is 37.3 Å². The van der Waals surface area contributed by atoms with Crippen molar-refractivity contribution in [3.8, 4) is 0 Å². The van der Waals surface area contributed by atoms with Crippen molar-refractivity contribution in [3.05, 3.63) is 47.7 Å². The fraction of sp³-hybridized carbons (Fsp3) is 0.267. The van der Waals surface area contributed by atoms with E-state index in [-0.39, 0.29) is 12.4 Å². The van der Waals surface area contributed by atoms with E-state index in [1.165, 1.54) is 0 Å². The molecule has 2 aliphatic heterocycles. The molecule has 1 aromatic rings. The molecular formula is C15H12O6. The van der Waals surface area contributed by atoms with Gasteiger partial charge in [-0.25, -0.2) is 4.79 Å². The number of hydrogen-bond acceptors (Lipinski definition) is 6. The molecule has 0 N–H and O–H groups in total. The zero-order chi connectivity index (χ0) is 15.0. The van der Waals surface area contributed by atoms with E-state index in [2.05, 4.69) is 0 Å². The Kier molecular flexibility index (Phi) is 3.10. The molecule has 0 aliphatic carbocycles. The maximum atomic E-state index is 12.4. The summed E-state index contributed by atoms with van der Waals surface area (Å²) in [6, 6.07) is 8.32. The second kappa shape index (κ2) is 4.82. The molecule has 0 aromatic heterocycles. The number of esters is 1. The molecule has 3 rings (SSSR count). The first-order valence-corrected chi connectivity index (χ1v) is 6.47. The highest BCUT2D eigenvalue weighted by molar-refractivity contribution is 6.24. The van der Waals surface area contributed by atoms with Crippen LogP contribution in [-0.4, -0.2) is 36.0 Å². The summed E-state index contributed by atoms with van der Waals surface area (Å²) in [6.07, 6.45) is -0.107. The van der Waals surface area contributed by atoms with Crippen molar-refractivity contribution in [1.82, 2.24) is 0 Å². The van der Waals surface area contributed by atoms with Gasteiger partial charge in [-0.05, 0) is 6.92 Å². The van der Waals surface area contributed by atoms with Gasteiger partial charge in [-0.1, -0.05) is 30.3 Å². The van der Waals surface area contributed by atoms with Crippen LogP contribution in [0.15, 0.2) is 42.2 Å². The third-order valence-electron chi connectivity index (χ3n) is 3.28. The average Bonchev–Trinajstić information content (AvgIpc) is 3.24. The van der Waals surface area contributed by atoms with E-state index in [9.17, 15) is 14.4 Å². The summed E-state index contributed by atoms with van der Waals surface area (Å²) in [5.74, 6) is -2.06. The molecule has 1 saturated heterocycles. The normalized spacial score (nSPS) is 26.2. The van der Waals surface area contributed by atoms with E-state index < -0.39 is 29.4 Å². The lowest BCUT2D eigenvalue weighted by Crippen LogP contribution is -2.39. The largest absolute Gasteiger partial charge is 0.460 e. The SMILES string of the molecule is CCOC(=O)C1=CC(=O)C2(C(=O)c3ccccc3)OC2O1. The molecule has 2 aliphatic rings. The molecule has 2 heterocycles. The molecule has 1 aromatic carbocycles. The molecule has 0 saturated carbocycles. The van der Waals surface area contributed by atoms with Crippen LogP contribution < -0.4 is 0 Å². The lowest BCUT2D eigenvalue weighted by Gasteiger charge is -2.15. The predicted molar refractivity (Wildman–Crippen MR) is 69.2 cm³/mol. The van der Waals surface area contributed by atoms with Crippen LogP contribution in [0.5, 0.6) is 0 Å². The molecule has 6 nitrogen and oxygen atoms in total. The number of hydrogen-bond donors (Lipinski definition) is 0. The Morgan fingerprint density at radius 1 is 1.29 bits per heavy atom. The van der Waals surface area contributed by atoms with Crippen LogP contribution in [0.4, 0.5) is 0 Å². The molecule has 1 fully saturated rings. The highest BCUT2D eigenvalue weighted by Gasteiger charge is 2.72. The van der Waals surface area contributed by atoms with Gasteiger partial charge in [-0.3, -0.25) is 9.59 Å². The second-order valence-electron chi connectivity index (χ2n) is 4.59. The smallest absolute Gasteiger partial charge is 0.373 e. The maximum absolute atomic E-state index is 12.4. The number of epoxide rings is 1. The van der Waals surface area contributed by atoms with Crippen molar-refractivity contribution in [2.75, 3.05) is 6.61 Å². The molecule has 21 heavy (non-hydrogen) atoms. The highest BCUT2D eigenvalue weighted by atomic mass is 16.8. The number of carbonyl (C=O) groups excluding carboxylic acids is 3. The van der Waals surface area contributed by atoms with Gasteiger partial charge in [-0.2, -0.15) is 0 Å². The molecule has 108 valence electrons. The molecule has 0 spiro atoms. The van der Waals surface area contributed by atoms with Crippen molar-refractivity contribution >= 4 is 17.5 Å². The molecule has 6 heteroatoms. The lowest BCUT2D eigenvalue weighted by atomic mass is 9.91. The van der Waals surface area contributed by atoms with E-state index >= 15 is 0 Å². The van der Waals surface area contributed by atoms with Gasteiger partial charge in [0.05, 0.1) is 6.61 Å². The minimum atomic E-state index is -1.66. The summed E-state index contributed by atoms with van der Waals surface area (Å²) in [4.78, 5) is 36.1. The minimum absolute atomic E-state index is 0.160. The Bertz CT molecular complexity index is 647. The van der Waals surface area contributed by atoms with Crippen LogP contribution >= 0.6 is 0 Å². The van der Waals surface area contributed by atoms with Gasteiger partial charge in [0.25, 0.3) is 5.60 Å². The Labute approximate surface area is 120 Å². The van der Waals surface area contributed by atoms with Gasteiger partial charge in [0.15, 0.2) is 0 Å². The number of ether oxygens (including phenoxy) is 3. The number of ketones is 2. The molecule has 2 unspecified atom stereocenters. The summed E-state index contributed by atoms with van der Waals surface area (Å²) < 4.78 is 15.1. The Morgan fingerprint density at radius 2 is 2.00 bits per heavy atom. The lowest BCUT2D eigenvalue weighted by molar-refractivity contribution is -0.144. The van der Waals surface area contributed by atoms with Gasteiger partial charge in [0.1, 0.15) is 0 Å². The first kappa shape index (κ1) is 13.5. The van der Waals surface area contributed by atoms with E-state index in [0.29, 0.717) is 5.56 Å². The average molecular weight is 288 g/mol. The fourth-order valence-electron chi connectivity index (χ4n) is 2.18. The summed E-state index contributed by atoms with van der Waals surface area (Å²) in [5, 5.41) is 0. The third kappa shape index (κ3) is 2.04. The van der Waals surface area contributed by atoms with Gasteiger partial charge in [0, 0.05) is 11.6 Å². The quantitative estimate of drug-likeness (QED) is 0.356. The molecule has 2 atom stereocenters. The first-order chi connectivity index (χ1) is 10.1. The standard InChI is InChI=1S/C15H12O6/c1-2-19-13(18)10-8-11(16)15(14(20-10)21-15)12(17)9-6-4-3-5-7-9/h3-8,14H,2H2,1H3. The summed E-state index contributed by atoms with van der Waals surface area (Å²) in [6.45, 7) is 1.80. The fourth-order valence-corrected chi connectivity index (χ4v) is 2.18. The van der Waals surface area contributed by atoms with E-state index in [4.69, 9.17) is 14.2 Å². The number of carbonyl (C=O) groups is 3. The van der Waals surface area contributed by atoms with E-state index in [1.807, 2.05) is 0 Å². The zero-order valence-corrected chi connectivity index (χ0v) is 11.2. The summed E-state index contributed by atoms with van der Waals surface area (Å²) in [7, 11) is 0. The molecule has 0 amide bonds. The van der Waals surface area contributed by atoms with Crippen molar-refractivity contribution in [1.29, 1.82) is 0 Å². The van der Waals surface area contributed by atoms with Crippen LogP contribution in [0.25, 0.3) is 0 Å². The Morgan fingerprint density at radius 3 is 2.62 bits per heavy atom. The Balaban J connectivity index is 1.86. The monoisotopic (exact) mass is 288 g/mol. The second-order valence-corrected chi connectivity index (χ2v) is 4.59. The number of fused-ring (bicyclic) bond motifs is 1. The van der Waals surface area contributed by atoms with Gasteiger partial charge in [0.2, 0.25) is 23.6 Å². The third-order valence-corrected chi connectivity index (χ3v) is 3.28. The maximum Gasteiger partial charge on any atom is 0.373 e. The van der Waals surface area contributed by atoms with Crippen LogP contribution in [0.2, 0.25) is 0 Å². The first-order valence-electron chi connectivity index (χ1n) is 6.47. The summed E-state index contributed by atoms with van der Waals surface area (Å²) in [5.41, 5.74) is -1.30. The van der Waals surface area contributed by atoms with Crippen molar-refractivity contribution in [3.63, 3.8) is 0 Å². The van der Waals surface area contributed by atoms with Crippen LogP contribution in [0.3, 0.4) is 0 Å². The summed E-state index contributed by atoms with van der Waals surface area (Å²) >= 11 is 0. The molecule has 0 bridgehead atoms. The van der Waals surface area contributed by atoms with E-state index in [0.717, 1.165) is 6.08 Å². The van der Waals surface area contributed by atoms with Crippen molar-refractivity contribution < 1.29 is 28.6 Å². The number of Topliss-reactive ketones (excluding diaryl/α,β-unsaturated/α-hetero) is 1. The van der Waals surface area contributed by atoms with Crippen molar-refractivity contribution in [2.24, 2.45) is 0 Å².